The summed E-state index contributed by atoms with van der Waals surface area (Å²) in [5.74, 6) is -1.23. The van der Waals surface area contributed by atoms with E-state index in [1.165, 1.54) is 89.0 Å². The van der Waals surface area contributed by atoms with Gasteiger partial charge in [0.25, 0.3) is 0 Å². The molecule has 0 N–H and O–H groups in total. The molecular weight excluding hydrogens is 839 g/mol. The van der Waals surface area contributed by atoms with Crippen molar-refractivity contribution in [1.29, 1.82) is 0 Å². The Hall–Kier alpha value is -3.52. The van der Waals surface area contributed by atoms with E-state index >= 15 is 0 Å². The molecule has 295 valence electrons. The third-order valence-corrected chi connectivity index (χ3v) is 65.2. The summed E-state index contributed by atoms with van der Waals surface area (Å²) in [4.78, 5) is 0. The Morgan fingerprint density at radius 1 is 0.483 bits per heavy atom. The predicted octanol–water partition coefficient (Wildman–Crippen LogP) is 16.3. The van der Waals surface area contributed by atoms with Crippen molar-refractivity contribution in [2.75, 3.05) is 0 Å². The molecule has 58 heavy (non-hydrogen) atoms. The van der Waals surface area contributed by atoms with Crippen LogP contribution in [0.5, 0.6) is 0 Å². The second kappa shape index (κ2) is 16.2. The summed E-state index contributed by atoms with van der Waals surface area (Å²) in [5, 5.41) is 0. The molecule has 2 atom stereocenters. The third-order valence-electron chi connectivity index (χ3n) is 13.5. The summed E-state index contributed by atoms with van der Waals surface area (Å²) in [6, 6.07) is 49.5. The number of rotatable bonds is 11. The number of halogens is 2. The number of hydrogen-bond donors (Lipinski definition) is 0. The molecule has 0 aromatic heterocycles. The van der Waals surface area contributed by atoms with E-state index in [1.54, 1.807) is 0 Å². The van der Waals surface area contributed by atoms with E-state index in [0.29, 0.717) is 0 Å². The number of allylic oxidation sites excluding steroid dienone is 2. The van der Waals surface area contributed by atoms with Gasteiger partial charge in [-0.05, 0) is 0 Å². The first kappa shape index (κ1) is 41.2. The van der Waals surface area contributed by atoms with Crippen molar-refractivity contribution in [3.05, 3.63) is 178 Å². The van der Waals surface area contributed by atoms with Crippen molar-refractivity contribution in [2.24, 2.45) is 11.8 Å². The molecule has 2 aliphatic carbocycles. The van der Waals surface area contributed by atoms with E-state index in [0.717, 1.165) is 12.8 Å². The van der Waals surface area contributed by atoms with Crippen LogP contribution in [0.1, 0.15) is 82.2 Å². The van der Waals surface area contributed by atoms with Crippen molar-refractivity contribution in [2.45, 2.75) is 74.7 Å². The Balaban J connectivity index is 1.44. The van der Waals surface area contributed by atoms with Crippen LogP contribution >= 0.6 is 17.0 Å². The van der Waals surface area contributed by atoms with Crippen LogP contribution in [0.15, 0.2) is 145 Å². The average Bonchev–Trinajstić information content (AvgIpc) is 3.85. The van der Waals surface area contributed by atoms with Gasteiger partial charge in [-0.3, -0.25) is 0 Å². The van der Waals surface area contributed by atoms with Gasteiger partial charge >= 0.3 is 360 Å². The van der Waals surface area contributed by atoms with Crippen LogP contribution in [0.3, 0.4) is 0 Å². The first-order valence-electron chi connectivity index (χ1n) is 21.5. The molecule has 0 fully saturated rings. The Morgan fingerprint density at radius 2 is 0.845 bits per heavy atom. The molecule has 4 heteroatoms. The predicted molar refractivity (Wildman–Crippen MR) is 255 cm³/mol. The number of fused-ring (bicyclic) bond motifs is 2. The van der Waals surface area contributed by atoms with E-state index in [1.807, 2.05) is 0 Å². The van der Waals surface area contributed by atoms with Gasteiger partial charge in [0.05, 0.1) is 0 Å². The quantitative estimate of drug-likeness (QED) is 0.114. The van der Waals surface area contributed by atoms with Gasteiger partial charge < -0.3 is 0 Å². The van der Waals surface area contributed by atoms with Gasteiger partial charge in [0.15, 0.2) is 0 Å². The van der Waals surface area contributed by atoms with Crippen LogP contribution in [-0.2, 0) is 28.4 Å². The summed E-state index contributed by atoms with van der Waals surface area (Å²) in [5.41, 5.74) is 21.1. The Kier molecular flexibility index (Phi) is 11.5. The number of hydrogen-bond acceptors (Lipinski definition) is 0. The average molecular weight is 896 g/mol. The molecule has 0 saturated heterocycles. The Labute approximate surface area is 356 Å². The van der Waals surface area contributed by atoms with Gasteiger partial charge in [0.2, 0.25) is 0 Å². The summed E-state index contributed by atoms with van der Waals surface area (Å²) < 4.78 is 0.00385. The zero-order valence-electron chi connectivity index (χ0n) is 35.4. The normalized spacial score (nSPS) is 16.9. The van der Waals surface area contributed by atoms with Gasteiger partial charge in [-0.15, -0.1) is 0 Å². The van der Waals surface area contributed by atoms with Crippen LogP contribution in [0.2, 0.25) is 13.1 Å². The summed E-state index contributed by atoms with van der Waals surface area (Å²) >= 11 is -5.14. The fraction of sp³-hybridized carbons (Fsp3) is 0.259. The van der Waals surface area contributed by atoms with E-state index < -0.39 is 21.5 Å². The van der Waals surface area contributed by atoms with Gasteiger partial charge in [0, 0.05) is 0 Å². The van der Waals surface area contributed by atoms with Crippen LogP contribution in [0.25, 0.3) is 56.7 Å². The maximum atomic E-state index is 9.06. The topological polar surface area (TPSA) is 0 Å². The molecule has 0 heterocycles. The monoisotopic (exact) mass is 893 g/mol. The molecule has 6 aromatic carbocycles. The Morgan fingerprint density at radius 3 is 1.19 bits per heavy atom. The summed E-state index contributed by atoms with van der Waals surface area (Å²) in [6.07, 6.45) is 7.01. The fourth-order valence-electron chi connectivity index (χ4n) is 10.5. The molecule has 0 bridgehead atoms. The molecule has 2 aliphatic rings. The molecule has 0 spiro atoms. The van der Waals surface area contributed by atoms with E-state index in [2.05, 4.69) is 200 Å². The molecule has 6 aromatic rings. The number of aryl methyl sites for hydroxylation is 2. The minimum absolute atomic E-state index is 0.00193. The standard InChI is InChI=1S/2C26H25.C2H7Si.2ClH.Zr/c2*1-4-19-10-8-9-13-23(19)26-24(20-11-6-5-7-12-20)15-14-21-16-22(18(2)3)17-25(21)26;1-3-2;;;/h2*5-18H,4H2,1-3H3;3H,1-2H3;2*1H;/q;;;;;+2/p-2. The van der Waals surface area contributed by atoms with Gasteiger partial charge in [-0.2, -0.15) is 0 Å². The molecule has 0 radical (unpaired) electrons. The maximum absolute atomic E-state index is 9.06. The van der Waals surface area contributed by atoms with Crippen LogP contribution in [-0.4, -0.2) is 5.92 Å². The zero-order valence-corrected chi connectivity index (χ0v) is 40.5. The second-order valence-corrected chi connectivity index (χ2v) is 60.1. The van der Waals surface area contributed by atoms with Crippen molar-refractivity contribution < 1.29 is 15.6 Å². The number of benzene rings is 6. The molecule has 0 nitrogen and oxygen atoms in total. The first-order chi connectivity index (χ1) is 27.9. The zero-order chi connectivity index (χ0) is 41.0. The third kappa shape index (κ3) is 6.66. The first-order valence-corrected chi connectivity index (χ1v) is 37.8. The van der Waals surface area contributed by atoms with Crippen LogP contribution in [0, 0.1) is 11.8 Å². The Bertz CT molecular complexity index is 2390. The second-order valence-electron chi connectivity index (χ2n) is 17.6. The summed E-state index contributed by atoms with van der Waals surface area (Å²) in [7, 11) is 18.1. The van der Waals surface area contributed by atoms with E-state index in [-0.39, 0.29) is 19.1 Å². The SMILES string of the molecule is CCc1ccccc1-c1c(-c2ccccc2)ccc2c1C=C(C(C)C)[CH]2[Zr]([Cl])([Cl])([CH]1C(C(C)C)=Cc2c1ccc(-c1ccccc1)c2-c1ccccc1CC)[SiH](C)C. The minimum atomic E-state index is -5.14. The molecule has 0 amide bonds. The van der Waals surface area contributed by atoms with Gasteiger partial charge in [-0.25, -0.2) is 0 Å². The van der Waals surface area contributed by atoms with Crippen LogP contribution < -0.4 is 0 Å². The van der Waals surface area contributed by atoms with Gasteiger partial charge in [0.1, 0.15) is 0 Å². The van der Waals surface area contributed by atoms with Crippen LogP contribution in [0.4, 0.5) is 0 Å². The van der Waals surface area contributed by atoms with E-state index in [4.69, 9.17) is 17.0 Å². The molecule has 2 unspecified atom stereocenters. The fourth-order valence-corrected chi connectivity index (χ4v) is 41.9. The molecule has 8 rings (SSSR count). The van der Waals surface area contributed by atoms with Crippen molar-refractivity contribution in [3.63, 3.8) is 0 Å². The molecule has 0 aliphatic heterocycles. The molecule has 0 saturated carbocycles. The summed E-state index contributed by atoms with van der Waals surface area (Å²) in [6.45, 7) is 19.0. The van der Waals surface area contributed by atoms with Crippen molar-refractivity contribution >= 4 is 35.1 Å². The van der Waals surface area contributed by atoms with Gasteiger partial charge in [-0.1, -0.05) is 0 Å². The van der Waals surface area contributed by atoms with Crippen molar-refractivity contribution in [3.8, 4) is 44.5 Å². The van der Waals surface area contributed by atoms with E-state index in [9.17, 15) is 0 Å². The molecular formula is C54H57Cl2SiZr. The van der Waals surface area contributed by atoms with Crippen molar-refractivity contribution in [1.82, 2.24) is 0 Å².